The lowest BCUT2D eigenvalue weighted by molar-refractivity contribution is -0.274. The van der Waals surface area contributed by atoms with E-state index in [4.69, 9.17) is 5.11 Å². The van der Waals surface area contributed by atoms with Gasteiger partial charge in [0.15, 0.2) is 0 Å². The summed E-state index contributed by atoms with van der Waals surface area (Å²) in [5.41, 5.74) is 0.391. The SMILES string of the molecule is O=C(O)C1CCCC1C(O)c1ccc(OC(F)(F)F)cc1. The summed E-state index contributed by atoms with van der Waals surface area (Å²) in [5.74, 6) is -2.36. The second-order valence-electron chi connectivity index (χ2n) is 5.10. The van der Waals surface area contributed by atoms with E-state index in [0.29, 0.717) is 24.8 Å². The van der Waals surface area contributed by atoms with Crippen molar-refractivity contribution in [2.45, 2.75) is 31.7 Å². The molecule has 0 bridgehead atoms. The molecule has 3 unspecified atom stereocenters. The van der Waals surface area contributed by atoms with E-state index in [2.05, 4.69) is 4.74 Å². The van der Waals surface area contributed by atoms with Gasteiger partial charge in [-0.25, -0.2) is 0 Å². The molecule has 0 heterocycles. The van der Waals surface area contributed by atoms with Gasteiger partial charge in [0.25, 0.3) is 0 Å². The third kappa shape index (κ3) is 3.87. The highest BCUT2D eigenvalue weighted by Crippen LogP contribution is 2.40. The Morgan fingerprint density at radius 3 is 2.38 bits per heavy atom. The second-order valence-corrected chi connectivity index (χ2v) is 5.10. The van der Waals surface area contributed by atoms with Gasteiger partial charge in [-0.15, -0.1) is 13.2 Å². The number of hydrogen-bond acceptors (Lipinski definition) is 3. The van der Waals surface area contributed by atoms with E-state index in [1.807, 2.05) is 0 Å². The van der Waals surface area contributed by atoms with Crippen molar-refractivity contribution in [2.24, 2.45) is 11.8 Å². The lowest BCUT2D eigenvalue weighted by Crippen LogP contribution is -2.24. The van der Waals surface area contributed by atoms with Crippen LogP contribution in [0.3, 0.4) is 0 Å². The van der Waals surface area contributed by atoms with Crippen molar-refractivity contribution in [3.05, 3.63) is 29.8 Å². The third-order valence-electron chi connectivity index (χ3n) is 3.75. The Morgan fingerprint density at radius 2 is 1.86 bits per heavy atom. The van der Waals surface area contributed by atoms with Crippen LogP contribution in [0.15, 0.2) is 24.3 Å². The molecule has 2 N–H and O–H groups in total. The van der Waals surface area contributed by atoms with Crippen LogP contribution in [0.4, 0.5) is 13.2 Å². The minimum atomic E-state index is -4.76. The van der Waals surface area contributed by atoms with E-state index in [1.54, 1.807) is 0 Å². The number of ether oxygens (including phenoxy) is 1. The Kier molecular flexibility index (Phi) is 4.41. The van der Waals surface area contributed by atoms with Gasteiger partial charge in [0.2, 0.25) is 0 Å². The van der Waals surface area contributed by atoms with Crippen molar-refractivity contribution in [1.29, 1.82) is 0 Å². The first-order valence-electron chi connectivity index (χ1n) is 6.54. The molecule has 1 saturated carbocycles. The van der Waals surface area contributed by atoms with Crippen molar-refractivity contribution < 1.29 is 32.9 Å². The third-order valence-corrected chi connectivity index (χ3v) is 3.75. The number of carbonyl (C=O) groups is 1. The maximum Gasteiger partial charge on any atom is 0.573 e. The Bertz CT molecular complexity index is 498. The van der Waals surface area contributed by atoms with Crippen LogP contribution < -0.4 is 4.74 Å². The molecule has 0 amide bonds. The standard InChI is InChI=1S/C14H15F3O4/c15-14(16,17)21-9-6-4-8(5-7-9)12(18)10-2-1-3-11(10)13(19)20/h4-7,10-12,18H,1-3H2,(H,19,20). The number of hydrogen-bond donors (Lipinski definition) is 2. The molecule has 1 aliphatic rings. The number of aliphatic hydroxyl groups is 1. The van der Waals surface area contributed by atoms with Gasteiger partial charge >= 0.3 is 12.3 Å². The Balaban J connectivity index is 2.09. The predicted octanol–water partition coefficient (Wildman–Crippen LogP) is 3.12. The van der Waals surface area contributed by atoms with Crippen LogP contribution in [0.1, 0.15) is 30.9 Å². The summed E-state index contributed by atoms with van der Waals surface area (Å²) in [4.78, 5) is 11.1. The van der Waals surface area contributed by atoms with E-state index >= 15 is 0 Å². The molecule has 0 radical (unpaired) electrons. The lowest BCUT2D eigenvalue weighted by atomic mass is 9.87. The predicted molar refractivity (Wildman–Crippen MR) is 66.6 cm³/mol. The van der Waals surface area contributed by atoms with Crippen LogP contribution in [0.5, 0.6) is 5.75 Å². The maximum atomic E-state index is 12.0. The highest BCUT2D eigenvalue weighted by Gasteiger charge is 2.38. The zero-order chi connectivity index (χ0) is 15.6. The number of halogens is 3. The van der Waals surface area contributed by atoms with Crippen molar-refractivity contribution in [2.75, 3.05) is 0 Å². The molecule has 0 aromatic heterocycles. The molecule has 1 fully saturated rings. The monoisotopic (exact) mass is 304 g/mol. The van der Waals surface area contributed by atoms with E-state index in [-0.39, 0.29) is 5.75 Å². The van der Waals surface area contributed by atoms with Crippen molar-refractivity contribution >= 4 is 5.97 Å². The molecule has 0 aliphatic heterocycles. The second kappa shape index (κ2) is 5.93. The molecule has 21 heavy (non-hydrogen) atoms. The largest absolute Gasteiger partial charge is 0.573 e. The van der Waals surface area contributed by atoms with Crippen LogP contribution >= 0.6 is 0 Å². The average molecular weight is 304 g/mol. The zero-order valence-electron chi connectivity index (χ0n) is 11.0. The van der Waals surface area contributed by atoms with Gasteiger partial charge in [-0.2, -0.15) is 0 Å². The maximum absolute atomic E-state index is 12.0. The molecule has 0 saturated heterocycles. The van der Waals surface area contributed by atoms with Gasteiger partial charge in [-0.1, -0.05) is 18.6 Å². The first kappa shape index (κ1) is 15.6. The van der Waals surface area contributed by atoms with Crippen LogP contribution in [0.25, 0.3) is 0 Å². The Labute approximate surface area is 119 Å². The molecule has 4 nitrogen and oxygen atoms in total. The van der Waals surface area contributed by atoms with Crippen molar-refractivity contribution in [3.63, 3.8) is 0 Å². The molecule has 2 rings (SSSR count). The molecule has 7 heteroatoms. The van der Waals surface area contributed by atoms with Crippen molar-refractivity contribution in [3.8, 4) is 5.75 Å². The van der Waals surface area contributed by atoms with Crippen LogP contribution in [-0.2, 0) is 4.79 Å². The summed E-state index contributed by atoms with van der Waals surface area (Å²) in [5, 5.41) is 19.3. The van der Waals surface area contributed by atoms with Crippen LogP contribution in [-0.4, -0.2) is 22.5 Å². The average Bonchev–Trinajstić information content (AvgIpc) is 2.86. The Hall–Kier alpha value is -1.76. The van der Waals surface area contributed by atoms with Crippen LogP contribution in [0, 0.1) is 11.8 Å². The van der Waals surface area contributed by atoms with E-state index in [9.17, 15) is 23.1 Å². The molecule has 0 spiro atoms. The van der Waals surface area contributed by atoms with E-state index in [1.165, 1.54) is 12.1 Å². The first-order valence-corrected chi connectivity index (χ1v) is 6.54. The number of rotatable bonds is 4. The van der Waals surface area contributed by atoms with Gasteiger partial charge in [-0.3, -0.25) is 4.79 Å². The van der Waals surface area contributed by atoms with Gasteiger partial charge in [0.05, 0.1) is 12.0 Å². The van der Waals surface area contributed by atoms with Gasteiger partial charge < -0.3 is 14.9 Å². The molecule has 3 atom stereocenters. The minimum Gasteiger partial charge on any atom is -0.481 e. The van der Waals surface area contributed by atoms with Gasteiger partial charge in [0.1, 0.15) is 5.75 Å². The zero-order valence-corrected chi connectivity index (χ0v) is 11.0. The molecule has 1 aromatic carbocycles. The molecule has 1 aromatic rings. The highest BCUT2D eigenvalue weighted by atomic mass is 19.4. The fourth-order valence-corrected chi connectivity index (χ4v) is 2.79. The summed E-state index contributed by atoms with van der Waals surface area (Å²) < 4.78 is 39.9. The van der Waals surface area contributed by atoms with Crippen LogP contribution in [0.2, 0.25) is 0 Å². The normalized spacial score (nSPS) is 23.8. The van der Waals surface area contributed by atoms with E-state index < -0.39 is 30.3 Å². The summed E-state index contributed by atoms with van der Waals surface area (Å²) in [6.07, 6.45) is -3.97. The minimum absolute atomic E-state index is 0.375. The fraction of sp³-hybridized carbons (Fsp3) is 0.500. The quantitative estimate of drug-likeness (QED) is 0.897. The molecular weight excluding hydrogens is 289 g/mol. The number of alkyl halides is 3. The lowest BCUT2D eigenvalue weighted by Gasteiger charge is -2.22. The smallest absolute Gasteiger partial charge is 0.481 e. The van der Waals surface area contributed by atoms with Gasteiger partial charge in [-0.05, 0) is 30.5 Å². The number of carboxylic acid groups (broad SMARTS) is 1. The number of benzene rings is 1. The van der Waals surface area contributed by atoms with Gasteiger partial charge in [0, 0.05) is 5.92 Å². The van der Waals surface area contributed by atoms with Crippen molar-refractivity contribution in [1.82, 2.24) is 0 Å². The number of aliphatic hydroxyl groups excluding tert-OH is 1. The summed E-state index contributed by atoms with van der Waals surface area (Å²) in [7, 11) is 0. The summed E-state index contributed by atoms with van der Waals surface area (Å²) in [6, 6.07) is 4.86. The fourth-order valence-electron chi connectivity index (χ4n) is 2.79. The molecular formula is C14H15F3O4. The molecule has 116 valence electrons. The highest BCUT2D eigenvalue weighted by molar-refractivity contribution is 5.70. The Morgan fingerprint density at radius 1 is 1.24 bits per heavy atom. The van der Waals surface area contributed by atoms with E-state index in [0.717, 1.165) is 12.1 Å². The number of aliphatic carboxylic acids is 1. The summed E-state index contributed by atoms with van der Waals surface area (Å²) in [6.45, 7) is 0. The summed E-state index contributed by atoms with van der Waals surface area (Å²) >= 11 is 0. The molecule has 1 aliphatic carbocycles. The number of carboxylic acids is 1. The topological polar surface area (TPSA) is 66.8 Å². The first-order chi connectivity index (χ1) is 9.78.